The number of aromatic nitrogens is 4. The maximum Gasteiger partial charge on any atom is 0.225 e. The van der Waals surface area contributed by atoms with Crippen molar-refractivity contribution in [2.45, 2.75) is 19.9 Å². The van der Waals surface area contributed by atoms with E-state index in [-0.39, 0.29) is 12.2 Å². The molecule has 2 aromatic heterocycles. The first-order chi connectivity index (χ1) is 8.37. The zero-order chi connectivity index (χ0) is 13.3. The molecule has 0 atom stereocenters. The summed E-state index contributed by atoms with van der Waals surface area (Å²) in [5, 5.41) is 9.40. The smallest absolute Gasteiger partial charge is 0.225 e. The Hall–Kier alpha value is -1.54. The summed E-state index contributed by atoms with van der Waals surface area (Å²) in [6.07, 6.45) is 1.98. The molecule has 7 nitrogen and oxygen atoms in total. The van der Waals surface area contributed by atoms with Gasteiger partial charge in [0.15, 0.2) is 6.54 Å². The van der Waals surface area contributed by atoms with Crippen LogP contribution in [0, 0.1) is 6.92 Å². The van der Waals surface area contributed by atoms with E-state index in [1.54, 1.807) is 22.6 Å². The average molecular weight is 270 g/mol. The van der Waals surface area contributed by atoms with Crippen molar-refractivity contribution in [2.24, 2.45) is 7.05 Å². The Balaban J connectivity index is 2.22. The highest BCUT2D eigenvalue weighted by Gasteiger charge is 2.13. The number of rotatable bonds is 4. The van der Waals surface area contributed by atoms with Gasteiger partial charge in [-0.1, -0.05) is 4.68 Å². The van der Waals surface area contributed by atoms with Gasteiger partial charge in [0.2, 0.25) is 11.3 Å². The van der Waals surface area contributed by atoms with Crippen LogP contribution in [0.4, 0.5) is 0 Å². The van der Waals surface area contributed by atoms with Gasteiger partial charge in [-0.25, -0.2) is 13.1 Å². The molecule has 2 aromatic rings. The average Bonchev–Trinajstić information content (AvgIpc) is 2.59. The van der Waals surface area contributed by atoms with Gasteiger partial charge in [0.1, 0.15) is 0 Å². The van der Waals surface area contributed by atoms with Gasteiger partial charge < -0.3 is 4.55 Å². The third-order valence-corrected chi connectivity index (χ3v) is 3.47. The quantitative estimate of drug-likeness (QED) is 0.551. The van der Waals surface area contributed by atoms with E-state index in [1.807, 2.05) is 13.0 Å². The Kier molecular flexibility index (Phi) is 3.31. The van der Waals surface area contributed by atoms with Crippen molar-refractivity contribution in [3.05, 3.63) is 18.0 Å². The van der Waals surface area contributed by atoms with Crippen LogP contribution >= 0.6 is 0 Å². The Morgan fingerprint density at radius 1 is 1.50 bits per heavy atom. The zero-order valence-electron chi connectivity index (χ0n) is 10.2. The van der Waals surface area contributed by atoms with Crippen LogP contribution in [0.1, 0.15) is 12.1 Å². The Morgan fingerprint density at radius 2 is 2.22 bits per heavy atom. The fraction of sp³-hybridized carbons (Fsp3) is 0.500. The van der Waals surface area contributed by atoms with Crippen molar-refractivity contribution in [1.29, 1.82) is 0 Å². The maximum atomic E-state index is 10.5. The summed E-state index contributed by atoms with van der Waals surface area (Å²) in [6.45, 7) is 2.28. The molecular formula is C10H14N4O3S. The summed E-state index contributed by atoms with van der Waals surface area (Å²) in [4.78, 5) is 0. The van der Waals surface area contributed by atoms with E-state index in [0.29, 0.717) is 6.54 Å². The summed E-state index contributed by atoms with van der Waals surface area (Å²) in [7, 11) is -2.37. The highest BCUT2D eigenvalue weighted by Crippen LogP contribution is 2.08. The van der Waals surface area contributed by atoms with E-state index >= 15 is 0 Å². The summed E-state index contributed by atoms with van der Waals surface area (Å²) in [5.41, 5.74) is 1.63. The van der Waals surface area contributed by atoms with E-state index in [1.165, 1.54) is 0 Å². The maximum absolute atomic E-state index is 10.5. The van der Waals surface area contributed by atoms with Crippen molar-refractivity contribution in [2.75, 3.05) is 5.75 Å². The van der Waals surface area contributed by atoms with E-state index < -0.39 is 10.1 Å². The summed E-state index contributed by atoms with van der Waals surface area (Å²) in [6, 6.07) is 1.93. The molecule has 0 aromatic carbocycles. The molecule has 0 unspecified atom stereocenters. The van der Waals surface area contributed by atoms with Gasteiger partial charge in [0.25, 0.3) is 0 Å². The largest absolute Gasteiger partial charge is 0.748 e. The number of hydrogen-bond acceptors (Lipinski definition) is 5. The molecule has 0 N–H and O–H groups in total. The molecular weight excluding hydrogens is 256 g/mol. The predicted octanol–water partition coefficient (Wildman–Crippen LogP) is -0.500. The first-order valence-corrected chi connectivity index (χ1v) is 7.07. The molecule has 18 heavy (non-hydrogen) atoms. The van der Waals surface area contributed by atoms with E-state index in [2.05, 4.69) is 10.2 Å². The molecule has 0 saturated carbocycles. The number of aryl methyl sites for hydroxylation is 3. The lowest BCUT2D eigenvalue weighted by Gasteiger charge is -2.04. The predicted molar refractivity (Wildman–Crippen MR) is 62.6 cm³/mol. The molecule has 0 radical (unpaired) electrons. The normalized spacial score (nSPS) is 12.2. The van der Waals surface area contributed by atoms with E-state index in [4.69, 9.17) is 0 Å². The lowest BCUT2D eigenvalue weighted by atomic mass is 10.3. The highest BCUT2D eigenvalue weighted by molar-refractivity contribution is 7.85. The molecule has 0 fully saturated rings. The van der Waals surface area contributed by atoms with Gasteiger partial charge in [0, 0.05) is 37.3 Å². The fourth-order valence-corrected chi connectivity index (χ4v) is 2.27. The van der Waals surface area contributed by atoms with Crippen LogP contribution < -0.4 is 4.68 Å². The molecule has 0 aliphatic rings. The Bertz CT molecular complexity index is 678. The molecule has 0 aliphatic heterocycles. The Morgan fingerprint density at radius 3 is 2.89 bits per heavy atom. The topological polar surface area (TPSA) is 91.8 Å². The number of nitrogens with zero attached hydrogens (tertiary/aromatic N) is 4. The lowest BCUT2D eigenvalue weighted by Crippen LogP contribution is -2.42. The van der Waals surface area contributed by atoms with Crippen LogP contribution in [-0.2, 0) is 23.7 Å². The lowest BCUT2D eigenvalue weighted by molar-refractivity contribution is -0.757. The Labute approximate surface area is 105 Å². The van der Waals surface area contributed by atoms with Crippen LogP contribution in [0.15, 0.2) is 12.3 Å². The van der Waals surface area contributed by atoms with Gasteiger partial charge in [-0.3, -0.25) is 0 Å². The fourth-order valence-electron chi connectivity index (χ4n) is 1.78. The SMILES string of the molecule is Cc1cc2cnn(C)c2n[n+]1CCCS(=O)(=O)[O-]. The number of fused-ring (bicyclic) bond motifs is 1. The van der Waals surface area contributed by atoms with Crippen molar-refractivity contribution >= 4 is 21.2 Å². The highest BCUT2D eigenvalue weighted by atomic mass is 32.2. The van der Waals surface area contributed by atoms with Crippen LogP contribution in [-0.4, -0.2) is 33.6 Å². The van der Waals surface area contributed by atoms with Crippen LogP contribution in [0.3, 0.4) is 0 Å². The third kappa shape index (κ3) is 2.82. The van der Waals surface area contributed by atoms with Crippen molar-refractivity contribution in [3.63, 3.8) is 0 Å². The molecule has 2 heterocycles. The summed E-state index contributed by atoms with van der Waals surface area (Å²) < 4.78 is 34.9. The van der Waals surface area contributed by atoms with Gasteiger partial charge >= 0.3 is 0 Å². The van der Waals surface area contributed by atoms with E-state index in [9.17, 15) is 13.0 Å². The molecule has 0 amide bonds. The first-order valence-electron chi connectivity index (χ1n) is 5.50. The van der Waals surface area contributed by atoms with Gasteiger partial charge in [0.05, 0.1) is 21.7 Å². The molecule has 2 rings (SSSR count). The molecule has 0 saturated heterocycles. The second-order valence-electron chi connectivity index (χ2n) is 4.17. The minimum absolute atomic E-state index is 0.258. The number of hydrogen-bond donors (Lipinski definition) is 0. The second-order valence-corrected chi connectivity index (χ2v) is 5.69. The first kappa shape index (κ1) is 12.9. The third-order valence-electron chi connectivity index (χ3n) is 2.69. The van der Waals surface area contributed by atoms with Gasteiger partial charge in [-0.05, 0) is 0 Å². The van der Waals surface area contributed by atoms with Gasteiger partial charge in [-0.15, -0.1) is 0 Å². The van der Waals surface area contributed by atoms with E-state index in [0.717, 1.165) is 16.7 Å². The van der Waals surface area contributed by atoms with Crippen molar-refractivity contribution in [3.8, 4) is 0 Å². The zero-order valence-corrected chi connectivity index (χ0v) is 11.0. The molecule has 0 bridgehead atoms. The van der Waals surface area contributed by atoms with Crippen LogP contribution in [0.2, 0.25) is 0 Å². The van der Waals surface area contributed by atoms with Crippen molar-refractivity contribution in [1.82, 2.24) is 14.9 Å². The van der Waals surface area contributed by atoms with Crippen molar-refractivity contribution < 1.29 is 17.7 Å². The molecule has 0 spiro atoms. The molecule has 0 aliphatic carbocycles. The molecule has 98 valence electrons. The standard InChI is InChI=1S/C10H14N4O3S/c1-8-6-9-7-11-13(2)10(9)12-14(8)4-3-5-18(15,16)17/h6-7H,3-5H2,1-2H3. The minimum atomic E-state index is -4.16. The second kappa shape index (κ2) is 4.62. The van der Waals surface area contributed by atoms with Gasteiger partial charge in [-0.2, -0.15) is 5.10 Å². The monoisotopic (exact) mass is 270 g/mol. The van der Waals surface area contributed by atoms with Crippen LogP contribution in [0.25, 0.3) is 11.0 Å². The summed E-state index contributed by atoms with van der Waals surface area (Å²) >= 11 is 0. The molecule has 8 heteroatoms. The summed E-state index contributed by atoms with van der Waals surface area (Å²) in [5.74, 6) is -0.370. The minimum Gasteiger partial charge on any atom is -0.748 e. The van der Waals surface area contributed by atoms with Crippen LogP contribution in [0.5, 0.6) is 0 Å².